The van der Waals surface area contributed by atoms with E-state index < -0.39 is 0 Å². The number of hydrogen-bond donors (Lipinski definition) is 0. The molecule has 0 radical (unpaired) electrons. The third-order valence-corrected chi connectivity index (χ3v) is 3.91. The molecule has 0 spiro atoms. The van der Waals surface area contributed by atoms with Crippen molar-refractivity contribution in [1.29, 1.82) is 0 Å². The Labute approximate surface area is 145 Å². The molecule has 0 aliphatic rings. The third-order valence-electron chi connectivity index (χ3n) is 3.91. The molecule has 0 amide bonds. The highest BCUT2D eigenvalue weighted by atomic mass is 16.5. The molecule has 24 heavy (non-hydrogen) atoms. The molecule has 0 aliphatic heterocycles. The van der Waals surface area contributed by atoms with Crippen LogP contribution in [-0.2, 0) is 6.42 Å². The van der Waals surface area contributed by atoms with Gasteiger partial charge < -0.3 is 9.64 Å². The molecule has 4 nitrogen and oxygen atoms in total. The van der Waals surface area contributed by atoms with Crippen molar-refractivity contribution in [3.05, 3.63) is 53.7 Å². The van der Waals surface area contributed by atoms with Gasteiger partial charge in [0.25, 0.3) is 0 Å². The smallest absolute Gasteiger partial charge is 0.213 e. The number of pyridine rings is 1. The lowest BCUT2D eigenvalue weighted by Crippen LogP contribution is -2.24. The van der Waals surface area contributed by atoms with Gasteiger partial charge in [-0.2, -0.15) is 0 Å². The van der Waals surface area contributed by atoms with Gasteiger partial charge in [-0.1, -0.05) is 30.3 Å². The molecule has 1 aromatic heterocycles. The molecule has 2 rings (SSSR count). The van der Waals surface area contributed by atoms with E-state index in [-0.39, 0.29) is 6.10 Å². The molecule has 1 heterocycles. The van der Waals surface area contributed by atoms with Gasteiger partial charge in [0.1, 0.15) is 6.10 Å². The fraction of sp³-hybridized carbons (Fsp3) is 0.400. The molecule has 0 fully saturated rings. The minimum absolute atomic E-state index is 0.0701. The van der Waals surface area contributed by atoms with Crippen LogP contribution in [-0.4, -0.2) is 35.4 Å². The monoisotopic (exact) mass is 325 g/mol. The van der Waals surface area contributed by atoms with Gasteiger partial charge in [0.05, 0.1) is 17.7 Å². The van der Waals surface area contributed by atoms with E-state index in [1.807, 2.05) is 50.6 Å². The molecule has 0 saturated carbocycles. The van der Waals surface area contributed by atoms with Crippen LogP contribution >= 0.6 is 0 Å². The number of benzene rings is 1. The van der Waals surface area contributed by atoms with Gasteiger partial charge in [-0.25, -0.2) is 9.98 Å². The largest absolute Gasteiger partial charge is 0.474 e. The highest BCUT2D eigenvalue weighted by Gasteiger charge is 2.08. The molecule has 0 N–H and O–H groups in total. The minimum Gasteiger partial charge on any atom is -0.474 e. The van der Waals surface area contributed by atoms with Crippen LogP contribution in [0.15, 0.2) is 47.5 Å². The number of hydrogen-bond acceptors (Lipinski definition) is 3. The lowest BCUT2D eigenvalue weighted by molar-refractivity contribution is 0.213. The zero-order chi connectivity index (χ0) is 17.5. The van der Waals surface area contributed by atoms with Gasteiger partial charge in [0.2, 0.25) is 5.88 Å². The van der Waals surface area contributed by atoms with Crippen molar-refractivity contribution in [3.8, 4) is 5.88 Å². The summed E-state index contributed by atoms with van der Waals surface area (Å²) in [5.41, 5.74) is 3.00. The molecule has 0 bridgehead atoms. The molecule has 0 saturated heterocycles. The lowest BCUT2D eigenvalue weighted by atomic mass is 10.1. The number of aromatic nitrogens is 1. The van der Waals surface area contributed by atoms with Gasteiger partial charge in [0, 0.05) is 25.6 Å². The van der Waals surface area contributed by atoms with E-state index in [0.717, 1.165) is 17.8 Å². The topological polar surface area (TPSA) is 37.7 Å². The first kappa shape index (κ1) is 18.0. The van der Waals surface area contributed by atoms with E-state index in [4.69, 9.17) is 4.74 Å². The van der Waals surface area contributed by atoms with Crippen LogP contribution < -0.4 is 4.74 Å². The van der Waals surface area contributed by atoms with Crippen molar-refractivity contribution < 1.29 is 4.74 Å². The summed E-state index contributed by atoms with van der Waals surface area (Å²) in [5.74, 6) is 0.645. The highest BCUT2D eigenvalue weighted by molar-refractivity contribution is 5.62. The second kappa shape index (κ2) is 8.48. The highest BCUT2D eigenvalue weighted by Crippen LogP contribution is 2.21. The van der Waals surface area contributed by atoms with E-state index in [9.17, 15) is 0 Å². The number of nitrogens with zero attached hydrogens (tertiary/aromatic N) is 3. The van der Waals surface area contributed by atoms with Crippen LogP contribution in [0.3, 0.4) is 0 Å². The van der Waals surface area contributed by atoms with Crippen molar-refractivity contribution in [2.75, 3.05) is 7.05 Å². The molecule has 1 aromatic carbocycles. The van der Waals surface area contributed by atoms with Crippen molar-refractivity contribution in [2.45, 2.75) is 46.3 Å². The Morgan fingerprint density at radius 1 is 1.12 bits per heavy atom. The molecular formula is C20H27N3O. The van der Waals surface area contributed by atoms with Gasteiger partial charge in [0.15, 0.2) is 0 Å². The van der Waals surface area contributed by atoms with Crippen LogP contribution in [0.4, 0.5) is 5.69 Å². The second-order valence-electron chi connectivity index (χ2n) is 6.38. The van der Waals surface area contributed by atoms with Crippen LogP contribution in [0.2, 0.25) is 0 Å². The molecule has 1 unspecified atom stereocenters. The first-order valence-electron chi connectivity index (χ1n) is 8.40. The Morgan fingerprint density at radius 3 is 2.46 bits per heavy atom. The van der Waals surface area contributed by atoms with Gasteiger partial charge in [-0.05, 0) is 39.3 Å². The van der Waals surface area contributed by atoms with E-state index in [2.05, 4.69) is 47.8 Å². The Balaban J connectivity index is 1.99. The zero-order valence-electron chi connectivity index (χ0n) is 15.2. The van der Waals surface area contributed by atoms with Gasteiger partial charge >= 0.3 is 0 Å². The summed E-state index contributed by atoms with van der Waals surface area (Å²) in [6.45, 7) is 8.27. The Morgan fingerprint density at radius 2 is 1.83 bits per heavy atom. The number of aliphatic imine (C=N–C) groups is 1. The molecule has 1 atom stereocenters. The van der Waals surface area contributed by atoms with E-state index in [0.29, 0.717) is 11.9 Å². The summed E-state index contributed by atoms with van der Waals surface area (Å²) in [6.07, 6.45) is 2.77. The maximum absolute atomic E-state index is 5.94. The van der Waals surface area contributed by atoms with E-state index in [1.54, 1.807) is 0 Å². The third kappa shape index (κ3) is 5.37. The first-order valence-corrected chi connectivity index (χ1v) is 8.40. The lowest BCUT2D eigenvalue weighted by Gasteiger charge is -2.17. The maximum atomic E-state index is 5.94. The number of aryl methyl sites for hydroxylation is 1. The average molecular weight is 325 g/mol. The van der Waals surface area contributed by atoms with E-state index >= 15 is 0 Å². The summed E-state index contributed by atoms with van der Waals surface area (Å²) in [5, 5.41) is 0. The fourth-order valence-corrected chi connectivity index (χ4v) is 2.21. The number of ether oxygens (including phenoxy) is 1. The SMILES string of the molecule is Cc1nc(OC(C)Cc2ccccc2)ccc1N=CN(C)C(C)C. The van der Waals surface area contributed by atoms with Crippen molar-refractivity contribution >= 4 is 12.0 Å². The number of rotatable bonds is 7. The van der Waals surface area contributed by atoms with Crippen molar-refractivity contribution in [1.82, 2.24) is 9.88 Å². The summed E-state index contributed by atoms with van der Waals surface area (Å²) in [4.78, 5) is 11.1. The summed E-state index contributed by atoms with van der Waals surface area (Å²) in [7, 11) is 2.01. The molecule has 4 heteroatoms. The average Bonchev–Trinajstić information content (AvgIpc) is 2.54. The molecule has 2 aromatic rings. The Kier molecular flexibility index (Phi) is 6.36. The van der Waals surface area contributed by atoms with E-state index in [1.165, 1.54) is 5.56 Å². The fourth-order valence-electron chi connectivity index (χ4n) is 2.21. The molecule has 128 valence electrons. The second-order valence-corrected chi connectivity index (χ2v) is 6.38. The summed E-state index contributed by atoms with van der Waals surface area (Å²) < 4.78 is 5.94. The zero-order valence-corrected chi connectivity index (χ0v) is 15.2. The maximum Gasteiger partial charge on any atom is 0.213 e. The molecule has 0 aliphatic carbocycles. The van der Waals surface area contributed by atoms with Crippen LogP contribution in [0.25, 0.3) is 0 Å². The first-order chi connectivity index (χ1) is 11.5. The quantitative estimate of drug-likeness (QED) is 0.559. The summed E-state index contributed by atoms with van der Waals surface area (Å²) >= 11 is 0. The molecular weight excluding hydrogens is 298 g/mol. The Hall–Kier alpha value is -2.36. The minimum atomic E-state index is 0.0701. The normalized spacial score (nSPS) is 12.6. The van der Waals surface area contributed by atoms with Crippen LogP contribution in [0, 0.1) is 6.92 Å². The van der Waals surface area contributed by atoms with Crippen LogP contribution in [0.1, 0.15) is 32.0 Å². The van der Waals surface area contributed by atoms with Gasteiger partial charge in [-0.3, -0.25) is 0 Å². The van der Waals surface area contributed by atoms with Gasteiger partial charge in [-0.15, -0.1) is 0 Å². The predicted octanol–water partition coefficient (Wildman–Crippen LogP) is 4.40. The van der Waals surface area contributed by atoms with Crippen molar-refractivity contribution in [3.63, 3.8) is 0 Å². The standard InChI is InChI=1S/C20H27N3O/c1-15(2)23(5)14-21-19-11-12-20(22-17(19)4)24-16(3)13-18-9-7-6-8-10-18/h6-12,14-16H,13H2,1-5H3. The Bertz CT molecular complexity index is 668. The van der Waals surface area contributed by atoms with Crippen LogP contribution in [0.5, 0.6) is 5.88 Å². The predicted molar refractivity (Wildman–Crippen MR) is 100 cm³/mol. The van der Waals surface area contributed by atoms with Crippen molar-refractivity contribution in [2.24, 2.45) is 4.99 Å². The summed E-state index contributed by atoms with van der Waals surface area (Å²) in [6, 6.07) is 14.6.